The number of rotatable bonds is 8. The highest BCUT2D eigenvalue weighted by atomic mass is 15.2. The Balaban J connectivity index is 0.00000116. The number of aliphatic imine (C=N–C) groups is 1. The number of fused-ring (bicyclic) bond motifs is 1. The molecule has 0 saturated carbocycles. The summed E-state index contributed by atoms with van der Waals surface area (Å²) in [4.78, 5) is 29.0. The third-order valence-corrected chi connectivity index (χ3v) is 7.99. The van der Waals surface area contributed by atoms with Crippen LogP contribution in [-0.4, -0.2) is 66.8 Å². The van der Waals surface area contributed by atoms with E-state index in [2.05, 4.69) is 60.5 Å². The third-order valence-electron chi connectivity index (χ3n) is 7.99. The number of piperidine rings is 1. The largest absolute Gasteiger partial charge is 0.383 e. The monoisotopic (exact) mass is 698 g/mol. The number of hydrogen-bond donors (Lipinski definition) is 2. The van der Waals surface area contributed by atoms with Crippen LogP contribution in [0, 0.1) is 22.7 Å². The maximum absolute atomic E-state index is 9.60. The standard InChI is InChI=1S/C34H32N12.3C2H6/c1-22(18-35)27(20-38-2)28-9-10-29-34(42-28)46(33(43-29)26-4-3-14-40-32(26)37)25-7-5-23(6-8-25)21-45-16-12-24(13-17-45)41-30-11-15-39-31(19-36)44-30;3*1-2/h3-11,14-15,20,24H,12-13,16-17,21H2,1-2H3,(H2,37,40)(H,39,41,44);3*1-2H3/b27-22-,38-20?;;;. The third kappa shape index (κ3) is 9.83. The number of hydrogen-bond acceptors (Lipinski definition) is 11. The van der Waals surface area contributed by atoms with Crippen LogP contribution in [0.15, 0.2) is 77.6 Å². The molecule has 1 fully saturated rings. The quantitative estimate of drug-likeness (QED) is 0.120. The van der Waals surface area contributed by atoms with Gasteiger partial charge in [0.1, 0.15) is 23.2 Å². The van der Waals surface area contributed by atoms with Crippen molar-refractivity contribution >= 4 is 34.6 Å². The molecule has 0 aliphatic carbocycles. The summed E-state index contributed by atoms with van der Waals surface area (Å²) in [5.41, 5.74) is 12.2. The zero-order valence-electron chi connectivity index (χ0n) is 31.6. The second-order valence-electron chi connectivity index (χ2n) is 11.0. The highest BCUT2D eigenvalue weighted by molar-refractivity contribution is 6.11. The fourth-order valence-corrected chi connectivity index (χ4v) is 5.63. The number of aromatic nitrogens is 6. The number of imidazole rings is 1. The molecule has 5 aromatic rings. The van der Waals surface area contributed by atoms with Gasteiger partial charge in [-0.05, 0) is 67.8 Å². The molecule has 3 N–H and O–H groups in total. The average molecular weight is 699 g/mol. The van der Waals surface area contributed by atoms with Crippen LogP contribution < -0.4 is 11.1 Å². The van der Waals surface area contributed by atoms with Gasteiger partial charge in [0, 0.05) is 68.2 Å². The molecule has 1 aliphatic rings. The van der Waals surface area contributed by atoms with Crippen LogP contribution >= 0.6 is 0 Å². The lowest BCUT2D eigenvalue weighted by Gasteiger charge is -2.32. The molecule has 270 valence electrons. The van der Waals surface area contributed by atoms with Gasteiger partial charge in [-0.1, -0.05) is 53.7 Å². The van der Waals surface area contributed by atoms with Crippen LogP contribution in [0.3, 0.4) is 0 Å². The zero-order chi connectivity index (χ0) is 38.0. The molecule has 0 bridgehead atoms. The summed E-state index contributed by atoms with van der Waals surface area (Å²) >= 11 is 0. The summed E-state index contributed by atoms with van der Waals surface area (Å²) in [5.74, 6) is 1.86. The van der Waals surface area contributed by atoms with E-state index in [9.17, 15) is 5.26 Å². The Morgan fingerprint density at radius 3 is 2.27 bits per heavy atom. The molecule has 0 radical (unpaired) electrons. The normalized spacial score (nSPS) is 13.3. The number of allylic oxidation sites excluding steroid dienone is 2. The summed E-state index contributed by atoms with van der Waals surface area (Å²) in [7, 11) is 1.67. The van der Waals surface area contributed by atoms with E-state index < -0.39 is 0 Å². The first kappa shape index (κ1) is 40.4. The fourth-order valence-electron chi connectivity index (χ4n) is 5.63. The van der Waals surface area contributed by atoms with Crippen LogP contribution in [-0.2, 0) is 6.54 Å². The van der Waals surface area contributed by atoms with Crippen LogP contribution in [0.5, 0.6) is 0 Å². The van der Waals surface area contributed by atoms with Gasteiger partial charge in [-0.2, -0.15) is 10.5 Å². The van der Waals surface area contributed by atoms with E-state index in [4.69, 9.17) is 21.0 Å². The minimum Gasteiger partial charge on any atom is -0.383 e. The Bertz CT molecular complexity index is 2020. The summed E-state index contributed by atoms with van der Waals surface area (Å²) in [5, 5.41) is 22.1. The molecule has 0 spiro atoms. The van der Waals surface area contributed by atoms with E-state index in [1.807, 2.05) is 76.4 Å². The lowest BCUT2D eigenvalue weighted by molar-refractivity contribution is 0.211. The maximum atomic E-state index is 9.60. The van der Waals surface area contributed by atoms with Gasteiger partial charge in [-0.25, -0.2) is 24.9 Å². The second kappa shape index (κ2) is 20.6. The second-order valence-corrected chi connectivity index (χ2v) is 11.0. The number of nitrogens with zero attached hydrogens (tertiary/aromatic N) is 10. The van der Waals surface area contributed by atoms with Crippen LogP contribution in [0.4, 0.5) is 11.6 Å². The van der Waals surface area contributed by atoms with Crippen molar-refractivity contribution < 1.29 is 0 Å². The predicted molar refractivity (Wildman–Crippen MR) is 212 cm³/mol. The SMILES string of the molecule is CC.CC.CC.CN=C/C(=C(\C)C#N)c1ccc2nc(-c3cccnc3N)n(-c3ccc(CN4CCC(Nc5ccnc(C#N)n5)CC4)cc3)c2n1. The van der Waals surface area contributed by atoms with Crippen molar-refractivity contribution in [3.8, 4) is 29.2 Å². The molecule has 1 aromatic carbocycles. The van der Waals surface area contributed by atoms with E-state index in [0.29, 0.717) is 57.1 Å². The Morgan fingerprint density at radius 2 is 1.63 bits per heavy atom. The highest BCUT2D eigenvalue weighted by Gasteiger charge is 2.21. The predicted octanol–water partition coefficient (Wildman–Crippen LogP) is 7.88. The van der Waals surface area contributed by atoms with E-state index in [1.165, 1.54) is 5.56 Å². The first-order valence-corrected chi connectivity index (χ1v) is 17.9. The number of nitrogens with two attached hydrogens (primary N) is 1. The molecule has 5 heterocycles. The van der Waals surface area contributed by atoms with Crippen molar-refractivity contribution in [2.24, 2.45) is 4.99 Å². The molecule has 0 amide bonds. The summed E-state index contributed by atoms with van der Waals surface area (Å²) in [6, 6.07) is 22.2. The molecule has 1 saturated heterocycles. The van der Waals surface area contributed by atoms with Gasteiger partial charge in [0.25, 0.3) is 0 Å². The van der Waals surface area contributed by atoms with Gasteiger partial charge in [-0.15, -0.1) is 0 Å². The van der Waals surface area contributed by atoms with Gasteiger partial charge in [0.05, 0.1) is 17.3 Å². The minimum atomic E-state index is 0.170. The zero-order valence-corrected chi connectivity index (χ0v) is 31.6. The minimum absolute atomic E-state index is 0.170. The number of likely N-dealkylation sites (tertiary alicyclic amines) is 1. The number of nitriles is 2. The molecule has 6 rings (SSSR count). The molecule has 0 unspecified atom stereocenters. The molecule has 12 heteroatoms. The van der Waals surface area contributed by atoms with Crippen LogP contribution in [0.1, 0.15) is 78.4 Å². The van der Waals surface area contributed by atoms with Gasteiger partial charge in [0.15, 0.2) is 11.5 Å². The molecule has 12 nitrogen and oxygen atoms in total. The van der Waals surface area contributed by atoms with Crippen molar-refractivity contribution in [1.29, 1.82) is 10.5 Å². The summed E-state index contributed by atoms with van der Waals surface area (Å²) in [6.45, 7) is 16.5. The lowest BCUT2D eigenvalue weighted by Crippen LogP contribution is -2.38. The average Bonchev–Trinajstić information content (AvgIpc) is 3.59. The van der Waals surface area contributed by atoms with Crippen LogP contribution in [0.2, 0.25) is 0 Å². The lowest BCUT2D eigenvalue weighted by atomic mass is 10.0. The summed E-state index contributed by atoms with van der Waals surface area (Å²) < 4.78 is 1.99. The van der Waals surface area contributed by atoms with Crippen molar-refractivity contribution in [2.45, 2.75) is 73.9 Å². The van der Waals surface area contributed by atoms with Gasteiger partial charge in [0.2, 0.25) is 5.82 Å². The van der Waals surface area contributed by atoms with E-state index in [0.717, 1.165) is 38.2 Å². The van der Waals surface area contributed by atoms with E-state index in [-0.39, 0.29) is 5.82 Å². The van der Waals surface area contributed by atoms with Crippen molar-refractivity contribution in [1.82, 2.24) is 34.4 Å². The number of nitrogen functional groups attached to an aromatic ring is 1. The Hall–Kier alpha value is -5.98. The highest BCUT2D eigenvalue weighted by Crippen LogP contribution is 2.31. The Kier molecular flexibility index (Phi) is 16.1. The number of nitrogens with one attached hydrogen (secondary N) is 1. The van der Waals surface area contributed by atoms with Crippen molar-refractivity contribution in [3.05, 3.63) is 89.6 Å². The molecule has 0 atom stereocenters. The van der Waals surface area contributed by atoms with Crippen molar-refractivity contribution in [2.75, 3.05) is 31.2 Å². The molecular weight excluding hydrogens is 649 g/mol. The van der Waals surface area contributed by atoms with Gasteiger partial charge >= 0.3 is 0 Å². The fraction of sp³-hybridized carbons (Fsp3) is 0.350. The number of benzene rings is 1. The maximum Gasteiger partial charge on any atom is 0.234 e. The molecule has 52 heavy (non-hydrogen) atoms. The van der Waals surface area contributed by atoms with Crippen molar-refractivity contribution in [3.63, 3.8) is 0 Å². The van der Waals surface area contributed by atoms with E-state index >= 15 is 0 Å². The summed E-state index contributed by atoms with van der Waals surface area (Å²) in [6.07, 6.45) is 6.86. The first-order valence-electron chi connectivity index (χ1n) is 17.9. The van der Waals surface area contributed by atoms with Crippen LogP contribution in [0.25, 0.3) is 33.8 Å². The number of anilines is 2. The molecular formula is C40H50N12. The Morgan fingerprint density at radius 1 is 0.923 bits per heavy atom. The molecule has 1 aliphatic heterocycles. The number of pyridine rings is 2. The van der Waals surface area contributed by atoms with Gasteiger partial charge < -0.3 is 11.1 Å². The smallest absolute Gasteiger partial charge is 0.234 e. The Labute approximate surface area is 307 Å². The van der Waals surface area contributed by atoms with Gasteiger partial charge in [-0.3, -0.25) is 14.5 Å². The first-order chi connectivity index (χ1) is 25.5. The topological polar surface area (TPSA) is 171 Å². The molecule has 4 aromatic heterocycles. The van der Waals surface area contributed by atoms with E-state index in [1.54, 1.807) is 38.6 Å².